The average molecular weight is 464 g/mol. The number of halogens is 1. The van der Waals surface area contributed by atoms with Crippen LogP contribution in [0.2, 0.25) is 4.34 Å². The second-order valence-corrected chi connectivity index (χ2v) is 9.37. The number of benzene rings is 1. The van der Waals surface area contributed by atoms with Gasteiger partial charge >= 0.3 is 6.09 Å². The highest BCUT2D eigenvalue weighted by atomic mass is 35.5. The summed E-state index contributed by atoms with van der Waals surface area (Å²) in [4.78, 5) is 40.0. The van der Waals surface area contributed by atoms with Gasteiger partial charge in [-0.15, -0.1) is 11.3 Å². The Bertz CT molecular complexity index is 1020. The van der Waals surface area contributed by atoms with Crippen molar-refractivity contribution in [1.82, 2.24) is 10.2 Å². The van der Waals surface area contributed by atoms with E-state index in [0.717, 1.165) is 29.9 Å². The van der Waals surface area contributed by atoms with E-state index >= 15 is 0 Å². The lowest BCUT2D eigenvalue weighted by Gasteiger charge is -2.28. The molecule has 8 nitrogen and oxygen atoms in total. The average Bonchev–Trinajstić information content (AvgIpc) is 3.32. The summed E-state index contributed by atoms with van der Waals surface area (Å²) in [5, 5.41) is 5.41. The summed E-state index contributed by atoms with van der Waals surface area (Å²) in [6.45, 7) is 1.52. The van der Waals surface area contributed by atoms with Gasteiger partial charge in [-0.3, -0.25) is 19.8 Å². The molecule has 2 aliphatic rings. The van der Waals surface area contributed by atoms with Crippen molar-refractivity contribution in [1.29, 1.82) is 0 Å². The van der Waals surface area contributed by atoms with Crippen LogP contribution in [0.25, 0.3) is 0 Å². The maximum Gasteiger partial charge on any atom is 0.413 e. The molecule has 1 aromatic carbocycles. The largest absolute Gasteiger partial charge is 0.420 e. The molecule has 1 unspecified atom stereocenters. The molecule has 4 rings (SSSR count). The summed E-state index contributed by atoms with van der Waals surface area (Å²) in [7, 11) is 1.90. The zero-order valence-corrected chi connectivity index (χ0v) is 18.5. The highest BCUT2D eigenvalue weighted by Gasteiger charge is 2.41. The molecule has 0 spiro atoms. The summed E-state index contributed by atoms with van der Waals surface area (Å²) < 4.78 is 11.5. The number of hydrogen-bond donors (Lipinski definition) is 2. The maximum atomic E-state index is 12.6. The lowest BCUT2D eigenvalue weighted by molar-refractivity contribution is -0.0113. The van der Waals surface area contributed by atoms with Gasteiger partial charge in [0.2, 0.25) is 5.72 Å². The molecule has 31 heavy (non-hydrogen) atoms. The molecule has 0 radical (unpaired) electrons. The lowest BCUT2D eigenvalue weighted by atomic mass is 10.0. The van der Waals surface area contributed by atoms with Gasteiger partial charge in [0.05, 0.1) is 22.4 Å². The fourth-order valence-corrected chi connectivity index (χ4v) is 4.57. The number of thiophene rings is 1. The zero-order valence-electron chi connectivity index (χ0n) is 16.9. The molecule has 1 fully saturated rings. The van der Waals surface area contributed by atoms with Gasteiger partial charge in [0.25, 0.3) is 5.91 Å². The van der Waals surface area contributed by atoms with Crippen LogP contribution in [0.5, 0.6) is 0 Å². The van der Waals surface area contributed by atoms with Crippen LogP contribution in [0.15, 0.2) is 30.3 Å². The molecule has 1 saturated heterocycles. The molecule has 1 aromatic heterocycles. The minimum Gasteiger partial charge on any atom is -0.420 e. The summed E-state index contributed by atoms with van der Waals surface area (Å²) in [5.74, 6) is -0.385. The number of rotatable bonds is 4. The third-order valence-corrected chi connectivity index (χ3v) is 6.47. The molecular weight excluding hydrogens is 442 g/mol. The smallest absolute Gasteiger partial charge is 0.413 e. The number of Topliss-reactive ketones (excluding diaryl/α,β-unsaturated/α-hetero) is 1. The number of likely N-dealkylation sites (N-methyl/N-ethyl adjacent to an activating group) is 1. The van der Waals surface area contributed by atoms with Crippen molar-refractivity contribution in [2.45, 2.75) is 18.6 Å². The molecule has 3 heterocycles. The van der Waals surface area contributed by atoms with Crippen LogP contribution >= 0.6 is 22.9 Å². The normalized spacial score (nSPS) is 21.3. The number of ether oxygens (including phenoxy) is 2. The predicted molar refractivity (Wildman–Crippen MR) is 117 cm³/mol. The van der Waals surface area contributed by atoms with Gasteiger partial charge in [0.1, 0.15) is 6.61 Å². The van der Waals surface area contributed by atoms with E-state index in [-0.39, 0.29) is 12.4 Å². The fourth-order valence-electron chi connectivity index (χ4n) is 3.63. The zero-order chi connectivity index (χ0) is 22.0. The number of nitrogens with one attached hydrogen (secondary N) is 2. The summed E-state index contributed by atoms with van der Waals surface area (Å²) >= 11 is 7.04. The first-order valence-electron chi connectivity index (χ1n) is 9.84. The van der Waals surface area contributed by atoms with Gasteiger partial charge in [0.15, 0.2) is 5.78 Å². The molecule has 164 valence electrons. The summed E-state index contributed by atoms with van der Waals surface area (Å²) in [5.41, 5.74) is 0.730. The number of nitrogens with zero attached hydrogens (tertiary/aromatic N) is 1. The first-order valence-corrected chi connectivity index (χ1v) is 11.0. The second-order valence-electron chi connectivity index (χ2n) is 7.65. The van der Waals surface area contributed by atoms with Gasteiger partial charge in [0, 0.05) is 24.2 Å². The standard InChI is InChI=1S/C21H22ClN3O5S/c1-25-8-6-13-2-3-14(10-15(13)16(26)11-25)23-20(28)30-21(7-9-29-12-21)24-19(27)17-4-5-18(22)31-17/h2-5,10H,6-9,11-12H2,1H3,(H,23,28)(H,24,27). The molecule has 0 bridgehead atoms. The van der Waals surface area contributed by atoms with Crippen molar-refractivity contribution in [2.24, 2.45) is 0 Å². The van der Waals surface area contributed by atoms with Crippen LogP contribution in [0.1, 0.15) is 32.0 Å². The Labute approximate surface area is 188 Å². The predicted octanol–water partition coefficient (Wildman–Crippen LogP) is 3.17. The Morgan fingerprint density at radius 3 is 2.84 bits per heavy atom. The maximum absolute atomic E-state index is 12.6. The Balaban J connectivity index is 1.45. The number of amides is 2. The molecular formula is C21H22ClN3O5S. The molecule has 2 amide bonds. The number of anilines is 1. The van der Waals surface area contributed by atoms with E-state index < -0.39 is 17.7 Å². The summed E-state index contributed by atoms with van der Waals surface area (Å²) in [6.07, 6.45) is 0.343. The van der Waals surface area contributed by atoms with Crippen LogP contribution in [-0.4, -0.2) is 61.8 Å². The molecule has 2 aromatic rings. The van der Waals surface area contributed by atoms with Crippen LogP contribution in [0.3, 0.4) is 0 Å². The molecule has 0 saturated carbocycles. The number of carbonyl (C=O) groups is 3. The molecule has 1 atom stereocenters. The second kappa shape index (κ2) is 8.96. The number of hydrogen-bond acceptors (Lipinski definition) is 7. The van der Waals surface area contributed by atoms with Crippen molar-refractivity contribution in [3.8, 4) is 0 Å². The van der Waals surface area contributed by atoms with Crippen LogP contribution in [0, 0.1) is 0 Å². The van der Waals surface area contributed by atoms with Gasteiger partial charge in [-0.2, -0.15) is 0 Å². The molecule has 0 aliphatic carbocycles. The minimum atomic E-state index is -1.28. The van der Waals surface area contributed by atoms with Crippen molar-refractivity contribution in [3.63, 3.8) is 0 Å². The quantitative estimate of drug-likeness (QED) is 0.676. The Hall–Kier alpha value is -2.46. The Morgan fingerprint density at radius 1 is 1.29 bits per heavy atom. The van der Waals surface area contributed by atoms with Gasteiger partial charge in [-0.05, 0) is 43.3 Å². The monoisotopic (exact) mass is 463 g/mol. The number of fused-ring (bicyclic) bond motifs is 1. The van der Waals surface area contributed by atoms with Crippen LogP contribution in [-0.2, 0) is 15.9 Å². The Kier molecular flexibility index (Phi) is 6.29. The number of carbonyl (C=O) groups excluding carboxylic acids is 3. The van der Waals surface area contributed by atoms with E-state index in [1.807, 2.05) is 18.0 Å². The van der Waals surface area contributed by atoms with E-state index in [1.54, 1.807) is 24.3 Å². The van der Waals surface area contributed by atoms with Crippen molar-refractivity contribution in [3.05, 3.63) is 50.7 Å². The van der Waals surface area contributed by atoms with Crippen molar-refractivity contribution < 1.29 is 23.9 Å². The van der Waals surface area contributed by atoms with E-state index in [2.05, 4.69) is 10.6 Å². The van der Waals surface area contributed by atoms with E-state index in [4.69, 9.17) is 21.1 Å². The highest BCUT2D eigenvalue weighted by molar-refractivity contribution is 7.18. The lowest BCUT2D eigenvalue weighted by Crippen LogP contribution is -2.52. The Morgan fingerprint density at radius 2 is 2.13 bits per heavy atom. The van der Waals surface area contributed by atoms with Crippen molar-refractivity contribution >= 4 is 46.4 Å². The fraction of sp³-hybridized carbons (Fsp3) is 0.381. The van der Waals surface area contributed by atoms with Gasteiger partial charge in [-0.1, -0.05) is 17.7 Å². The molecule has 2 aliphatic heterocycles. The third kappa shape index (κ3) is 5.07. The van der Waals surface area contributed by atoms with E-state index in [1.165, 1.54) is 0 Å². The molecule has 2 N–H and O–H groups in total. The minimum absolute atomic E-state index is 0.00884. The van der Waals surface area contributed by atoms with Crippen molar-refractivity contribution in [2.75, 3.05) is 38.7 Å². The first kappa shape index (κ1) is 21.8. The SMILES string of the molecule is CN1CCc2ccc(NC(=O)OC3(NC(=O)c4ccc(Cl)s4)CCOC3)cc2C(=O)C1. The third-order valence-electron chi connectivity index (χ3n) is 5.24. The number of ketones is 1. The highest BCUT2D eigenvalue weighted by Crippen LogP contribution is 2.26. The van der Waals surface area contributed by atoms with E-state index in [9.17, 15) is 14.4 Å². The first-order chi connectivity index (χ1) is 14.8. The van der Waals surface area contributed by atoms with Crippen LogP contribution < -0.4 is 10.6 Å². The van der Waals surface area contributed by atoms with Gasteiger partial charge in [-0.25, -0.2) is 4.79 Å². The molecule has 10 heteroatoms. The van der Waals surface area contributed by atoms with Gasteiger partial charge < -0.3 is 14.8 Å². The summed E-state index contributed by atoms with van der Waals surface area (Å²) in [6, 6.07) is 8.49. The topological polar surface area (TPSA) is 97.0 Å². The van der Waals surface area contributed by atoms with Crippen LogP contribution in [0.4, 0.5) is 10.5 Å². The van der Waals surface area contributed by atoms with E-state index in [0.29, 0.717) is 40.0 Å².